The number of fused-ring (bicyclic) bond motifs is 1. The second-order valence-electron chi connectivity index (χ2n) is 7.62. The Bertz CT molecular complexity index is 1140. The van der Waals surface area contributed by atoms with E-state index >= 15 is 0 Å². The van der Waals surface area contributed by atoms with E-state index in [0.29, 0.717) is 18.2 Å². The smallest absolute Gasteiger partial charge is 0.255 e. The maximum absolute atomic E-state index is 12.8. The molecule has 2 aromatic carbocycles. The molecule has 30 heavy (non-hydrogen) atoms. The second-order valence-corrected chi connectivity index (χ2v) is 7.62. The van der Waals surface area contributed by atoms with E-state index in [0.717, 1.165) is 30.6 Å². The van der Waals surface area contributed by atoms with Crippen molar-refractivity contribution in [2.24, 2.45) is 0 Å². The maximum atomic E-state index is 12.8. The van der Waals surface area contributed by atoms with Crippen molar-refractivity contribution in [1.29, 1.82) is 0 Å². The zero-order valence-electron chi connectivity index (χ0n) is 17.4. The van der Waals surface area contributed by atoms with Gasteiger partial charge in [-0.05, 0) is 42.5 Å². The van der Waals surface area contributed by atoms with E-state index < -0.39 is 0 Å². The van der Waals surface area contributed by atoms with E-state index in [4.69, 9.17) is 0 Å². The van der Waals surface area contributed by atoms with Crippen molar-refractivity contribution in [3.05, 3.63) is 87.3 Å². The van der Waals surface area contributed by atoms with Gasteiger partial charge >= 0.3 is 0 Å². The third kappa shape index (κ3) is 4.13. The average molecular weight is 402 g/mol. The summed E-state index contributed by atoms with van der Waals surface area (Å²) in [6, 6.07) is 17.5. The van der Waals surface area contributed by atoms with Crippen molar-refractivity contribution in [2.75, 3.05) is 16.8 Å². The number of benzene rings is 2. The van der Waals surface area contributed by atoms with Gasteiger partial charge in [0.25, 0.3) is 5.56 Å². The highest BCUT2D eigenvalue weighted by Crippen LogP contribution is 2.23. The zero-order valence-corrected chi connectivity index (χ0v) is 17.4. The van der Waals surface area contributed by atoms with Crippen molar-refractivity contribution < 1.29 is 4.79 Å². The molecule has 154 valence electrons. The second kappa shape index (κ2) is 8.53. The van der Waals surface area contributed by atoms with Gasteiger partial charge in [-0.1, -0.05) is 49.4 Å². The molecule has 0 fully saturated rings. The minimum Gasteiger partial charge on any atom is -0.337 e. The van der Waals surface area contributed by atoms with Crippen molar-refractivity contribution >= 4 is 17.5 Å². The number of anilines is 2. The van der Waals surface area contributed by atoms with Crippen molar-refractivity contribution in [3.8, 4) is 0 Å². The van der Waals surface area contributed by atoms with Gasteiger partial charge in [-0.25, -0.2) is 4.98 Å². The minimum absolute atomic E-state index is 0.0718. The summed E-state index contributed by atoms with van der Waals surface area (Å²) in [5.41, 5.74) is 4.84. The molecule has 1 aromatic heterocycles. The van der Waals surface area contributed by atoms with Gasteiger partial charge in [0.15, 0.2) is 0 Å². The first kappa shape index (κ1) is 19.9. The lowest BCUT2D eigenvalue weighted by molar-refractivity contribution is -0.116. The fourth-order valence-corrected chi connectivity index (χ4v) is 3.95. The molecule has 0 saturated heterocycles. The Labute approximate surface area is 176 Å². The van der Waals surface area contributed by atoms with Crippen LogP contribution in [0.15, 0.2) is 59.4 Å². The Morgan fingerprint density at radius 1 is 1.10 bits per heavy atom. The first-order valence-corrected chi connectivity index (χ1v) is 10.3. The van der Waals surface area contributed by atoms with Gasteiger partial charge < -0.3 is 10.2 Å². The highest BCUT2D eigenvalue weighted by atomic mass is 16.2. The molecule has 4 rings (SSSR count). The van der Waals surface area contributed by atoms with Gasteiger partial charge in [-0.2, -0.15) is 0 Å². The largest absolute Gasteiger partial charge is 0.337 e. The van der Waals surface area contributed by atoms with Gasteiger partial charge in [0.05, 0.1) is 0 Å². The number of carbonyl (C=O) groups is 1. The molecule has 0 radical (unpaired) electrons. The molecular weight excluding hydrogens is 376 g/mol. The Kier molecular flexibility index (Phi) is 5.65. The number of carbonyl (C=O) groups excluding carboxylic acids is 1. The Balaban J connectivity index is 1.61. The summed E-state index contributed by atoms with van der Waals surface area (Å²) < 4.78 is 1.48. The minimum atomic E-state index is -0.234. The molecule has 1 aliphatic heterocycles. The highest BCUT2D eigenvalue weighted by molar-refractivity contribution is 5.91. The first-order chi connectivity index (χ1) is 14.5. The number of hydrogen-bond donors (Lipinski definition) is 1. The van der Waals surface area contributed by atoms with Crippen LogP contribution in [0.1, 0.15) is 29.3 Å². The molecule has 0 unspecified atom stereocenters. The van der Waals surface area contributed by atoms with Crippen molar-refractivity contribution in [1.82, 2.24) is 9.55 Å². The van der Waals surface area contributed by atoms with Crippen LogP contribution in [0.3, 0.4) is 0 Å². The summed E-state index contributed by atoms with van der Waals surface area (Å²) in [5, 5.41) is 2.95. The Hall–Kier alpha value is -3.41. The predicted molar refractivity (Wildman–Crippen MR) is 119 cm³/mol. The van der Waals surface area contributed by atoms with Gasteiger partial charge in [0.2, 0.25) is 11.9 Å². The third-order valence-corrected chi connectivity index (χ3v) is 5.50. The van der Waals surface area contributed by atoms with E-state index in [2.05, 4.69) is 27.3 Å². The molecule has 6 nitrogen and oxygen atoms in total. The standard InChI is InChI=1S/C24H26N4O2/c1-3-18-8-6-7-11-21(18)26-22(29)16-28-23(30)14-17(2)25-24(28)27-13-12-19-9-4-5-10-20(19)15-27/h4-11,14H,3,12-13,15-16H2,1-2H3,(H,26,29). The molecule has 0 spiro atoms. The molecule has 0 atom stereocenters. The van der Waals surface area contributed by atoms with Gasteiger partial charge in [-0.3, -0.25) is 14.2 Å². The molecule has 0 aliphatic carbocycles. The van der Waals surface area contributed by atoms with Crippen LogP contribution in [0.4, 0.5) is 11.6 Å². The van der Waals surface area contributed by atoms with Crippen molar-refractivity contribution in [2.45, 2.75) is 39.8 Å². The van der Waals surface area contributed by atoms with Crippen LogP contribution in [0, 0.1) is 6.92 Å². The number of rotatable bonds is 5. The lowest BCUT2D eigenvalue weighted by Crippen LogP contribution is -2.38. The summed E-state index contributed by atoms with van der Waals surface area (Å²) in [4.78, 5) is 32.3. The van der Waals surface area contributed by atoms with Gasteiger partial charge in [-0.15, -0.1) is 0 Å². The lowest BCUT2D eigenvalue weighted by atomic mass is 10.0. The molecule has 1 aliphatic rings. The van der Waals surface area contributed by atoms with Crippen LogP contribution in [0.2, 0.25) is 0 Å². The SMILES string of the molecule is CCc1ccccc1NC(=O)Cn1c(N2CCc3ccccc3C2)nc(C)cc1=O. The number of para-hydroxylation sites is 1. The normalized spacial score (nSPS) is 13.1. The number of aromatic nitrogens is 2. The summed E-state index contributed by atoms with van der Waals surface area (Å²) >= 11 is 0. The fraction of sp³-hybridized carbons (Fsp3) is 0.292. The number of hydrogen-bond acceptors (Lipinski definition) is 4. The molecule has 0 saturated carbocycles. The quantitative estimate of drug-likeness (QED) is 0.711. The number of nitrogens with zero attached hydrogens (tertiary/aromatic N) is 3. The summed E-state index contributed by atoms with van der Waals surface area (Å²) in [7, 11) is 0. The van der Waals surface area contributed by atoms with E-state index in [-0.39, 0.29) is 18.0 Å². The van der Waals surface area contributed by atoms with E-state index in [1.807, 2.05) is 50.2 Å². The van der Waals surface area contributed by atoms with Gasteiger partial charge in [0, 0.05) is 30.5 Å². The summed E-state index contributed by atoms with van der Waals surface area (Å²) in [5.74, 6) is 0.316. The van der Waals surface area contributed by atoms with Crippen LogP contribution < -0.4 is 15.8 Å². The first-order valence-electron chi connectivity index (χ1n) is 10.3. The van der Waals surface area contributed by atoms with E-state index in [1.54, 1.807) is 0 Å². The lowest BCUT2D eigenvalue weighted by Gasteiger charge is -2.31. The Morgan fingerprint density at radius 2 is 1.83 bits per heavy atom. The van der Waals surface area contributed by atoms with Crippen LogP contribution in [-0.2, 0) is 30.7 Å². The van der Waals surface area contributed by atoms with Crippen molar-refractivity contribution in [3.63, 3.8) is 0 Å². The van der Waals surface area contributed by atoms with Gasteiger partial charge in [0.1, 0.15) is 6.54 Å². The topological polar surface area (TPSA) is 67.2 Å². The average Bonchev–Trinajstić information content (AvgIpc) is 2.75. The predicted octanol–water partition coefficient (Wildman–Crippen LogP) is 3.32. The number of nitrogens with one attached hydrogen (secondary N) is 1. The van der Waals surface area contributed by atoms with E-state index in [1.165, 1.54) is 21.8 Å². The molecule has 0 bridgehead atoms. The molecule has 6 heteroatoms. The molecule has 2 heterocycles. The maximum Gasteiger partial charge on any atom is 0.255 e. The molecular formula is C24H26N4O2. The number of aryl methyl sites for hydroxylation is 2. The van der Waals surface area contributed by atoms with Crippen LogP contribution in [0.25, 0.3) is 0 Å². The number of amides is 1. The fourth-order valence-electron chi connectivity index (χ4n) is 3.95. The van der Waals surface area contributed by atoms with E-state index in [9.17, 15) is 9.59 Å². The van der Waals surface area contributed by atoms with Crippen LogP contribution in [0.5, 0.6) is 0 Å². The highest BCUT2D eigenvalue weighted by Gasteiger charge is 2.22. The third-order valence-electron chi connectivity index (χ3n) is 5.50. The Morgan fingerprint density at radius 3 is 2.63 bits per heavy atom. The zero-order chi connectivity index (χ0) is 21.1. The molecule has 3 aromatic rings. The van der Waals surface area contributed by atoms with Crippen LogP contribution >= 0.6 is 0 Å². The molecule has 1 amide bonds. The molecule has 1 N–H and O–H groups in total. The monoisotopic (exact) mass is 402 g/mol. The summed E-state index contributed by atoms with van der Waals surface area (Å²) in [6.07, 6.45) is 1.71. The van der Waals surface area contributed by atoms with Crippen LogP contribution in [-0.4, -0.2) is 22.0 Å². The summed E-state index contributed by atoms with van der Waals surface area (Å²) in [6.45, 7) is 5.22.